The molecule has 1 aliphatic rings. The van der Waals surface area contributed by atoms with Crippen LogP contribution in [0.1, 0.15) is 29.2 Å². The standard InChI is InChI=1S/C27H18Cl2N8O4/c28-16-1-4-23(36-13-18(10-30)34-35-36)20(8-16)15-7-14-5-6-27(40,24(14)37(41)12-15)25-31-11-22(33-25)19-3-2-17(9-21(19)29)32-26(38)39/h1-4,7-9,11-13,32,40H,5-6H2,(H,31,33)(H,38,39). The molecule has 0 saturated carbocycles. The van der Waals surface area contributed by atoms with Crippen molar-refractivity contribution < 1.29 is 19.7 Å². The van der Waals surface area contributed by atoms with Gasteiger partial charge in [0.1, 0.15) is 11.9 Å². The maximum atomic E-state index is 13.5. The van der Waals surface area contributed by atoms with Gasteiger partial charge < -0.3 is 20.4 Å². The van der Waals surface area contributed by atoms with E-state index in [4.69, 9.17) is 33.6 Å². The summed E-state index contributed by atoms with van der Waals surface area (Å²) < 4.78 is 2.06. The Morgan fingerprint density at radius 1 is 1.22 bits per heavy atom. The van der Waals surface area contributed by atoms with E-state index in [0.29, 0.717) is 55.5 Å². The van der Waals surface area contributed by atoms with Gasteiger partial charge in [0.25, 0.3) is 0 Å². The molecule has 4 N–H and O–H groups in total. The van der Waals surface area contributed by atoms with E-state index in [1.807, 2.05) is 12.1 Å². The number of halogens is 2. The molecule has 41 heavy (non-hydrogen) atoms. The Bertz CT molecular complexity index is 1900. The van der Waals surface area contributed by atoms with Gasteiger partial charge in [0.05, 0.1) is 28.8 Å². The zero-order chi connectivity index (χ0) is 28.9. The molecular weight excluding hydrogens is 571 g/mol. The number of benzene rings is 2. The van der Waals surface area contributed by atoms with Crippen LogP contribution in [-0.4, -0.2) is 41.3 Å². The molecule has 0 spiro atoms. The van der Waals surface area contributed by atoms with Crippen molar-refractivity contribution in [2.24, 2.45) is 0 Å². The van der Waals surface area contributed by atoms with E-state index in [1.165, 1.54) is 29.3 Å². The highest BCUT2D eigenvalue weighted by Gasteiger charge is 2.48. The van der Waals surface area contributed by atoms with Crippen molar-refractivity contribution in [2.45, 2.75) is 18.4 Å². The van der Waals surface area contributed by atoms with E-state index in [1.54, 1.807) is 30.3 Å². The van der Waals surface area contributed by atoms with Crippen LogP contribution in [0.3, 0.4) is 0 Å². The molecule has 0 saturated heterocycles. The quantitative estimate of drug-likeness (QED) is 0.172. The summed E-state index contributed by atoms with van der Waals surface area (Å²) in [5.74, 6) is 0.169. The van der Waals surface area contributed by atoms with Gasteiger partial charge in [0.15, 0.2) is 11.9 Å². The first kappa shape index (κ1) is 26.3. The number of nitriles is 1. The van der Waals surface area contributed by atoms with Crippen LogP contribution in [0.5, 0.6) is 0 Å². The summed E-state index contributed by atoms with van der Waals surface area (Å²) in [5.41, 5.74) is 2.22. The van der Waals surface area contributed by atoms with E-state index >= 15 is 0 Å². The lowest BCUT2D eigenvalue weighted by atomic mass is 9.98. The molecule has 6 rings (SSSR count). The number of carbonyl (C=O) groups is 1. The van der Waals surface area contributed by atoms with Crippen LogP contribution in [-0.2, 0) is 12.0 Å². The number of nitrogens with zero attached hydrogens (tertiary/aromatic N) is 6. The normalized spacial score (nSPS) is 15.9. The first-order chi connectivity index (χ1) is 19.7. The Kier molecular flexibility index (Phi) is 6.34. The average molecular weight is 589 g/mol. The SMILES string of the molecule is N#Cc1cn(-c2ccc(Cl)cc2-c2cc3c([n+]([O-])c2)C(O)(c2ncc(-c4ccc(NC(=O)O)cc4Cl)[nH]2)CC3)nn1. The Hall–Kier alpha value is -4.96. The number of aryl methyl sites for hydroxylation is 1. The molecule has 1 atom stereocenters. The number of fused-ring (bicyclic) bond motifs is 1. The molecule has 0 bridgehead atoms. The summed E-state index contributed by atoms with van der Waals surface area (Å²) >= 11 is 12.7. The van der Waals surface area contributed by atoms with Gasteiger partial charge in [-0.15, -0.1) is 5.10 Å². The largest absolute Gasteiger partial charge is 0.618 e. The number of imidazole rings is 1. The van der Waals surface area contributed by atoms with Crippen LogP contribution < -0.4 is 10.0 Å². The third-order valence-corrected chi connectivity index (χ3v) is 7.41. The molecule has 2 aromatic carbocycles. The first-order valence-electron chi connectivity index (χ1n) is 12.1. The van der Waals surface area contributed by atoms with E-state index in [0.717, 1.165) is 0 Å². The Labute approximate surface area is 241 Å². The Balaban J connectivity index is 1.37. The first-order valence-corrected chi connectivity index (χ1v) is 12.9. The number of H-pyrrole nitrogens is 1. The van der Waals surface area contributed by atoms with Gasteiger partial charge in [0.2, 0.25) is 11.3 Å². The molecule has 1 aliphatic carbocycles. The molecule has 0 fully saturated rings. The maximum Gasteiger partial charge on any atom is 0.409 e. The van der Waals surface area contributed by atoms with Crippen LogP contribution in [0.4, 0.5) is 10.5 Å². The Morgan fingerprint density at radius 3 is 2.78 bits per heavy atom. The van der Waals surface area contributed by atoms with Crippen LogP contribution in [0.15, 0.2) is 61.1 Å². The zero-order valence-corrected chi connectivity index (χ0v) is 22.3. The summed E-state index contributed by atoms with van der Waals surface area (Å²) in [6.07, 6.45) is 3.69. The summed E-state index contributed by atoms with van der Waals surface area (Å²) in [7, 11) is 0. The number of rotatable bonds is 5. The number of anilines is 1. The van der Waals surface area contributed by atoms with Crippen molar-refractivity contribution in [1.82, 2.24) is 25.0 Å². The van der Waals surface area contributed by atoms with Crippen molar-refractivity contribution in [3.63, 3.8) is 0 Å². The van der Waals surface area contributed by atoms with Crippen molar-refractivity contribution in [1.29, 1.82) is 5.26 Å². The molecule has 1 unspecified atom stereocenters. The van der Waals surface area contributed by atoms with E-state index in [2.05, 4.69) is 25.6 Å². The monoisotopic (exact) mass is 588 g/mol. The number of hydrogen-bond donors (Lipinski definition) is 4. The summed E-state index contributed by atoms with van der Waals surface area (Å²) in [5, 5.41) is 54.0. The molecule has 14 heteroatoms. The van der Waals surface area contributed by atoms with Crippen LogP contribution >= 0.6 is 23.2 Å². The second kappa shape index (κ2) is 9.90. The molecule has 3 aromatic heterocycles. The predicted octanol–water partition coefficient (Wildman–Crippen LogP) is 4.41. The third kappa shape index (κ3) is 4.62. The van der Waals surface area contributed by atoms with Crippen LogP contribution in [0.2, 0.25) is 10.0 Å². The van der Waals surface area contributed by atoms with Crippen molar-refractivity contribution in [3.8, 4) is 34.1 Å². The number of aromatic amines is 1. The highest BCUT2D eigenvalue weighted by Crippen LogP contribution is 2.42. The fraction of sp³-hybridized carbons (Fsp3) is 0.111. The van der Waals surface area contributed by atoms with E-state index < -0.39 is 11.7 Å². The lowest BCUT2D eigenvalue weighted by Gasteiger charge is -2.20. The molecule has 204 valence electrons. The molecule has 0 aliphatic heterocycles. The van der Waals surface area contributed by atoms with Crippen LogP contribution in [0.25, 0.3) is 28.1 Å². The maximum absolute atomic E-state index is 13.5. The molecule has 12 nitrogen and oxygen atoms in total. The minimum Gasteiger partial charge on any atom is -0.618 e. The number of hydrogen-bond acceptors (Lipinski definition) is 7. The molecule has 5 aromatic rings. The van der Waals surface area contributed by atoms with Crippen LogP contribution in [0, 0.1) is 16.5 Å². The van der Waals surface area contributed by atoms with Gasteiger partial charge in [-0.2, -0.15) is 9.99 Å². The highest BCUT2D eigenvalue weighted by molar-refractivity contribution is 6.33. The average Bonchev–Trinajstić information content (AvgIpc) is 3.68. The second-order valence-electron chi connectivity index (χ2n) is 9.38. The number of nitrogens with one attached hydrogen (secondary N) is 2. The third-order valence-electron chi connectivity index (χ3n) is 6.86. The summed E-state index contributed by atoms with van der Waals surface area (Å²) in [6.45, 7) is 0. The number of aromatic nitrogens is 6. The minimum atomic E-state index is -1.70. The molecular formula is C27H18Cl2N8O4. The van der Waals surface area contributed by atoms with Gasteiger partial charge in [-0.3, -0.25) is 5.32 Å². The predicted molar refractivity (Wildman–Crippen MR) is 147 cm³/mol. The Morgan fingerprint density at radius 2 is 2.05 bits per heavy atom. The van der Waals surface area contributed by atoms with Gasteiger partial charge in [0, 0.05) is 33.0 Å². The van der Waals surface area contributed by atoms with E-state index in [9.17, 15) is 15.1 Å². The van der Waals surface area contributed by atoms with Gasteiger partial charge in [-0.05, 0) is 55.3 Å². The van der Waals surface area contributed by atoms with E-state index in [-0.39, 0.29) is 28.7 Å². The number of amides is 1. The number of pyridine rings is 1. The fourth-order valence-corrected chi connectivity index (χ4v) is 5.51. The fourth-order valence-electron chi connectivity index (χ4n) is 5.05. The lowest BCUT2D eigenvalue weighted by molar-refractivity contribution is -0.620. The van der Waals surface area contributed by atoms with Crippen molar-refractivity contribution in [2.75, 3.05) is 5.32 Å². The van der Waals surface area contributed by atoms with Gasteiger partial charge in [-0.25, -0.2) is 14.5 Å². The number of carboxylic acid groups (broad SMARTS) is 1. The molecule has 1 amide bonds. The smallest absolute Gasteiger partial charge is 0.409 e. The minimum absolute atomic E-state index is 0.135. The second-order valence-corrected chi connectivity index (χ2v) is 10.2. The van der Waals surface area contributed by atoms with Gasteiger partial charge >= 0.3 is 6.09 Å². The van der Waals surface area contributed by atoms with Crippen molar-refractivity contribution in [3.05, 3.63) is 99.1 Å². The molecule has 0 radical (unpaired) electrons. The van der Waals surface area contributed by atoms with Crippen molar-refractivity contribution >= 4 is 35.0 Å². The zero-order valence-electron chi connectivity index (χ0n) is 20.8. The molecule has 3 heterocycles. The topological polar surface area (TPSA) is 180 Å². The summed E-state index contributed by atoms with van der Waals surface area (Å²) in [6, 6.07) is 13.5. The number of aliphatic hydroxyl groups is 1. The van der Waals surface area contributed by atoms with Gasteiger partial charge in [-0.1, -0.05) is 28.4 Å². The highest BCUT2D eigenvalue weighted by atomic mass is 35.5. The lowest BCUT2D eigenvalue weighted by Crippen LogP contribution is -2.42. The summed E-state index contributed by atoms with van der Waals surface area (Å²) in [4.78, 5) is 18.4.